The van der Waals surface area contributed by atoms with Gasteiger partial charge in [0.1, 0.15) is 54.9 Å². The highest BCUT2D eigenvalue weighted by Gasteiger charge is 2.69. The van der Waals surface area contributed by atoms with E-state index in [1.807, 2.05) is 6.92 Å². The normalized spacial score (nSPS) is 55.2. The maximum atomic E-state index is 12.5. The van der Waals surface area contributed by atoms with Gasteiger partial charge in [-0.15, -0.1) is 0 Å². The van der Waals surface area contributed by atoms with E-state index in [9.17, 15) is 65.8 Å². The lowest BCUT2D eigenvalue weighted by molar-refractivity contribution is -0.393. The Morgan fingerprint density at radius 3 is 1.78 bits per heavy atom. The van der Waals surface area contributed by atoms with Gasteiger partial charge in [-0.05, 0) is 110 Å². The number of hydrogen-bond acceptors (Lipinski definition) is 17. The van der Waals surface area contributed by atoms with Gasteiger partial charge in [-0.2, -0.15) is 0 Å². The van der Waals surface area contributed by atoms with Gasteiger partial charge in [0.15, 0.2) is 31.1 Å². The summed E-state index contributed by atoms with van der Waals surface area (Å²) in [6, 6.07) is 0. The molecule has 11 N–H and O–H groups in total. The smallest absolute Gasteiger partial charge is 0.335 e. The van der Waals surface area contributed by atoms with Gasteiger partial charge < -0.3 is 84.6 Å². The van der Waals surface area contributed by atoms with E-state index >= 15 is 0 Å². The summed E-state index contributed by atoms with van der Waals surface area (Å²) in [5, 5.41) is 119. The van der Waals surface area contributed by atoms with Gasteiger partial charge in [-0.1, -0.05) is 60.1 Å². The quantitative estimate of drug-likeness (QED) is 0.112. The van der Waals surface area contributed by atoms with Crippen LogP contribution in [0.25, 0.3) is 0 Å². The lowest BCUT2D eigenvalue weighted by Crippen LogP contribution is -2.68. The molecular weight excluding hydrogens is 881 g/mol. The zero-order chi connectivity index (χ0) is 49.3. The summed E-state index contributed by atoms with van der Waals surface area (Å²) in [5.74, 6) is -2.90. The Labute approximate surface area is 391 Å². The average molecular weight is 957 g/mol. The van der Waals surface area contributed by atoms with E-state index in [1.54, 1.807) is 0 Å². The fraction of sp³-hybridized carbons (Fsp3) is 0.917. The maximum Gasteiger partial charge on any atom is 0.335 e. The summed E-state index contributed by atoms with van der Waals surface area (Å²) in [7, 11) is 0. The Morgan fingerprint density at radius 2 is 1.21 bits per heavy atom. The molecule has 0 bridgehead atoms. The molecule has 0 aromatic carbocycles. The topological polar surface area (TPSA) is 312 Å². The van der Waals surface area contributed by atoms with Crippen molar-refractivity contribution in [2.45, 2.75) is 218 Å². The minimum atomic E-state index is -2.16. The average Bonchev–Trinajstić information content (AvgIpc) is 3.25. The maximum absolute atomic E-state index is 12.5. The standard InChI is InChI=1S/C48H76O19/c1-20-27(51)28(52)33(57)40(62-20)66-37-32(56)30(54)35(39(60)61)65-42(37)67-36-31(55)29(53)34(38(58)59)64-41(36)63-26-12-13-45(5)23(46(26,6)19-49)11-14-48(8)24(45)10-9-21-22-17-43(2,3)25(50)18-44(22,4)15-16-47(21,48)7/h9,20,22-37,40-42,49-57H,10-19H2,1-8H3,(H,58,59)(H,60,61)/t20-,22-,23+,24+,25+,26-,27-,28+,29-,30-,31-,32-,33+,34-,35-,36+,37+,40-,41+,42-,44-,45-,46+,47+,48+/m0/s1. The van der Waals surface area contributed by atoms with Crippen molar-refractivity contribution >= 4 is 11.9 Å². The summed E-state index contributed by atoms with van der Waals surface area (Å²) in [5.41, 5.74) is -0.119. The van der Waals surface area contributed by atoms with Crippen molar-refractivity contribution in [3.05, 3.63) is 11.6 Å². The molecule has 4 saturated carbocycles. The molecular formula is C48H76O19. The summed E-state index contributed by atoms with van der Waals surface area (Å²) in [4.78, 5) is 24.7. The van der Waals surface area contributed by atoms with Crippen molar-refractivity contribution in [3.8, 4) is 0 Å². The van der Waals surface area contributed by atoms with E-state index in [0.717, 1.165) is 44.9 Å². The van der Waals surface area contributed by atoms with Crippen LogP contribution in [0.2, 0.25) is 0 Å². The second-order valence-corrected chi connectivity index (χ2v) is 23.6. The molecule has 382 valence electrons. The van der Waals surface area contributed by atoms with Gasteiger partial charge in [0, 0.05) is 5.41 Å². The van der Waals surface area contributed by atoms with Crippen LogP contribution in [0.5, 0.6) is 0 Å². The largest absolute Gasteiger partial charge is 0.479 e. The lowest BCUT2D eigenvalue weighted by Gasteiger charge is -2.71. The van der Waals surface area contributed by atoms with Crippen molar-refractivity contribution in [2.75, 3.05) is 6.61 Å². The van der Waals surface area contributed by atoms with E-state index in [1.165, 1.54) is 12.5 Å². The Hall–Kier alpha value is -1.92. The number of aliphatic carboxylic acids is 2. The van der Waals surface area contributed by atoms with Crippen LogP contribution in [0.1, 0.15) is 113 Å². The number of rotatable bonds is 9. The molecule has 3 saturated heterocycles. The minimum Gasteiger partial charge on any atom is -0.479 e. The fourth-order valence-corrected chi connectivity index (χ4v) is 15.0. The predicted octanol–water partition coefficient (Wildman–Crippen LogP) is 0.797. The Balaban J connectivity index is 1.08. The van der Waals surface area contributed by atoms with E-state index in [4.69, 9.17) is 28.4 Å². The molecule has 0 spiro atoms. The van der Waals surface area contributed by atoms with Crippen molar-refractivity contribution in [1.82, 2.24) is 0 Å². The van der Waals surface area contributed by atoms with Crippen LogP contribution in [0.15, 0.2) is 11.6 Å². The number of carboxylic acids is 2. The highest BCUT2D eigenvalue weighted by atomic mass is 16.8. The lowest BCUT2D eigenvalue weighted by atomic mass is 9.33. The summed E-state index contributed by atoms with van der Waals surface area (Å²) >= 11 is 0. The second kappa shape index (κ2) is 17.7. The molecule has 8 aliphatic rings. The fourth-order valence-electron chi connectivity index (χ4n) is 15.0. The van der Waals surface area contributed by atoms with Crippen molar-refractivity contribution < 1.29 is 94.2 Å². The van der Waals surface area contributed by atoms with Crippen LogP contribution < -0.4 is 0 Å². The highest BCUT2D eigenvalue weighted by Crippen LogP contribution is 2.76. The van der Waals surface area contributed by atoms with Gasteiger partial charge in [0.05, 0.1) is 24.9 Å². The number of allylic oxidation sites excluding steroid dienone is 2. The molecule has 67 heavy (non-hydrogen) atoms. The van der Waals surface area contributed by atoms with E-state index in [0.29, 0.717) is 18.8 Å². The van der Waals surface area contributed by atoms with E-state index in [2.05, 4.69) is 47.6 Å². The molecule has 19 heteroatoms. The first-order chi connectivity index (χ1) is 31.1. The minimum absolute atomic E-state index is 0.0105. The van der Waals surface area contributed by atoms with Crippen LogP contribution in [-0.4, -0.2) is 179 Å². The van der Waals surface area contributed by atoms with Crippen molar-refractivity contribution in [2.24, 2.45) is 50.2 Å². The molecule has 0 aromatic rings. The number of aliphatic hydroxyl groups excluding tert-OH is 9. The van der Waals surface area contributed by atoms with Crippen LogP contribution in [0.4, 0.5) is 0 Å². The number of fused-ring (bicyclic) bond motifs is 7. The third kappa shape index (κ3) is 7.97. The number of carboxylic acid groups (broad SMARTS) is 2. The van der Waals surface area contributed by atoms with Crippen LogP contribution in [-0.2, 0) is 38.0 Å². The molecule has 0 amide bonds. The van der Waals surface area contributed by atoms with Crippen molar-refractivity contribution in [1.29, 1.82) is 0 Å². The van der Waals surface area contributed by atoms with Gasteiger partial charge in [-0.25, -0.2) is 9.59 Å². The first-order valence-electron chi connectivity index (χ1n) is 24.2. The van der Waals surface area contributed by atoms with Gasteiger partial charge in [0.2, 0.25) is 0 Å². The van der Waals surface area contributed by atoms with Crippen LogP contribution in [0, 0.1) is 50.2 Å². The molecule has 5 aliphatic carbocycles. The third-order valence-corrected chi connectivity index (χ3v) is 19.6. The number of carbonyl (C=O) groups is 2. The third-order valence-electron chi connectivity index (χ3n) is 19.6. The van der Waals surface area contributed by atoms with Gasteiger partial charge >= 0.3 is 11.9 Å². The zero-order valence-electron chi connectivity index (χ0n) is 39.9. The summed E-state index contributed by atoms with van der Waals surface area (Å²) in [6.45, 7) is 16.9. The zero-order valence-corrected chi connectivity index (χ0v) is 39.9. The molecule has 19 nitrogen and oxygen atoms in total. The van der Waals surface area contributed by atoms with E-state index < -0.39 is 116 Å². The number of hydrogen-bond donors (Lipinski definition) is 11. The number of aliphatic hydroxyl groups is 9. The van der Waals surface area contributed by atoms with Crippen LogP contribution in [0.3, 0.4) is 0 Å². The van der Waals surface area contributed by atoms with Gasteiger partial charge in [0.25, 0.3) is 0 Å². The molecule has 7 fully saturated rings. The molecule has 8 rings (SSSR count). The molecule has 0 radical (unpaired) electrons. The SMILES string of the molecule is C[C@@H]1O[C@@H](O[C@H]2[C@H](O[C@H]3[C@H](O[C@H]4CC[C@@]5(C)[C@@H](CC[C@]6(C)[C@@H]5CC=C5[C@@H]7CC(C)(C)[C@H](O)C[C@]7(C)CC[C@]56C)[C@@]4(C)CO)O[C@H](C(=O)O)[C@@H](O)[C@@H]3O)O[C@H](C(=O)O)[C@@H](O)[C@@H]2O)[C@H](O)[C@H](O)[C@H]1O. The molecule has 25 atom stereocenters. The first kappa shape index (κ1) is 51.4. The van der Waals surface area contributed by atoms with Crippen LogP contribution >= 0.6 is 0 Å². The molecule has 0 unspecified atom stereocenters. The van der Waals surface area contributed by atoms with Gasteiger partial charge in [-0.3, -0.25) is 0 Å². The summed E-state index contributed by atoms with van der Waals surface area (Å²) < 4.78 is 35.7. The number of ether oxygens (including phenoxy) is 6. The van der Waals surface area contributed by atoms with Crippen molar-refractivity contribution in [3.63, 3.8) is 0 Å². The Kier molecular flexibility index (Phi) is 13.6. The second-order valence-electron chi connectivity index (χ2n) is 23.6. The Morgan fingerprint density at radius 1 is 0.642 bits per heavy atom. The molecule has 3 aliphatic heterocycles. The molecule has 0 aromatic heterocycles. The Bertz CT molecular complexity index is 1900. The first-order valence-corrected chi connectivity index (χ1v) is 24.2. The highest BCUT2D eigenvalue weighted by molar-refractivity contribution is 5.74. The monoisotopic (exact) mass is 956 g/mol. The summed E-state index contributed by atoms with van der Waals surface area (Å²) in [6.07, 6.45) is -20.2. The predicted molar refractivity (Wildman–Crippen MR) is 231 cm³/mol. The van der Waals surface area contributed by atoms with E-state index in [-0.39, 0.29) is 51.6 Å². The molecule has 3 heterocycles.